The average molecular weight is 590 g/mol. The molecule has 2 aliphatic heterocycles. The Morgan fingerprint density at radius 1 is 1.19 bits per heavy atom. The first-order valence-electron chi connectivity index (χ1n) is 14.0. The Labute approximate surface area is 241 Å². The lowest BCUT2D eigenvalue weighted by atomic mass is 10.1. The number of aromatic nitrogens is 2. The number of anilines is 4. The molecule has 14 heteroatoms. The SMILES string of the molecule is CCC(=O)N1CC[C@@H](NC(=O)c2cc(OC)c(Nc3ncc4c(n3)N(C3CCCC3)CC(F)(F)C(=O)N4C)cc2F)C1. The molecule has 0 unspecified atom stereocenters. The van der Waals surface area contributed by atoms with Crippen LogP contribution in [0.3, 0.4) is 0 Å². The molecule has 1 atom stereocenters. The number of rotatable bonds is 7. The van der Waals surface area contributed by atoms with Gasteiger partial charge in [0.05, 0.1) is 31.1 Å². The summed E-state index contributed by atoms with van der Waals surface area (Å²) in [6.07, 6.45) is 5.37. The lowest BCUT2D eigenvalue weighted by molar-refractivity contribution is -0.140. The van der Waals surface area contributed by atoms with Crippen molar-refractivity contribution in [2.45, 2.75) is 63.5 Å². The number of likely N-dealkylation sites (tertiary alicyclic amines) is 1. The van der Waals surface area contributed by atoms with E-state index in [1.807, 2.05) is 0 Å². The number of benzene rings is 1. The van der Waals surface area contributed by atoms with Gasteiger partial charge in [-0.05, 0) is 25.3 Å². The number of carbonyl (C=O) groups excluding carboxylic acids is 3. The molecule has 2 aromatic rings. The molecule has 1 aliphatic carbocycles. The van der Waals surface area contributed by atoms with Gasteiger partial charge < -0.3 is 30.1 Å². The fourth-order valence-corrected chi connectivity index (χ4v) is 5.81. The molecule has 3 heterocycles. The number of ether oxygens (including phenoxy) is 1. The first-order chi connectivity index (χ1) is 20.0. The van der Waals surface area contributed by atoms with Gasteiger partial charge in [0.2, 0.25) is 11.9 Å². The molecule has 5 rings (SSSR count). The molecule has 3 amide bonds. The molecule has 3 aliphatic rings. The molecular formula is C28H34F3N7O4. The van der Waals surface area contributed by atoms with Crippen molar-refractivity contribution in [1.82, 2.24) is 20.2 Å². The molecule has 11 nitrogen and oxygen atoms in total. The first-order valence-corrected chi connectivity index (χ1v) is 14.0. The van der Waals surface area contributed by atoms with Crippen LogP contribution in [0.4, 0.5) is 36.3 Å². The van der Waals surface area contributed by atoms with E-state index in [0.29, 0.717) is 38.8 Å². The van der Waals surface area contributed by atoms with E-state index in [1.54, 1.807) is 11.8 Å². The van der Waals surface area contributed by atoms with Gasteiger partial charge in [0, 0.05) is 44.7 Å². The number of hydrogen-bond acceptors (Lipinski definition) is 8. The van der Waals surface area contributed by atoms with Crippen molar-refractivity contribution in [1.29, 1.82) is 0 Å². The number of methoxy groups -OCH3 is 1. The maximum Gasteiger partial charge on any atom is 0.342 e. The lowest BCUT2D eigenvalue weighted by Gasteiger charge is -2.31. The minimum atomic E-state index is -3.61. The quantitative estimate of drug-likeness (QED) is 0.504. The molecule has 1 saturated carbocycles. The van der Waals surface area contributed by atoms with Crippen molar-refractivity contribution in [2.24, 2.45) is 0 Å². The minimum Gasteiger partial charge on any atom is -0.495 e. The van der Waals surface area contributed by atoms with Crippen LogP contribution >= 0.6 is 0 Å². The van der Waals surface area contributed by atoms with Crippen molar-refractivity contribution < 1.29 is 32.3 Å². The van der Waals surface area contributed by atoms with E-state index in [9.17, 15) is 23.2 Å². The normalized spacial score (nSPS) is 20.4. The Morgan fingerprint density at radius 2 is 1.93 bits per heavy atom. The molecular weight excluding hydrogens is 555 g/mol. The molecule has 0 bridgehead atoms. The summed E-state index contributed by atoms with van der Waals surface area (Å²) in [5.41, 5.74) is 0.0177. The van der Waals surface area contributed by atoms with Crippen LogP contribution in [0.15, 0.2) is 18.3 Å². The van der Waals surface area contributed by atoms with Gasteiger partial charge in [0.25, 0.3) is 11.8 Å². The fraction of sp³-hybridized carbons (Fsp3) is 0.536. The Morgan fingerprint density at radius 3 is 2.62 bits per heavy atom. The summed E-state index contributed by atoms with van der Waals surface area (Å²) < 4.78 is 50.4. The highest BCUT2D eigenvalue weighted by Gasteiger charge is 2.48. The predicted octanol–water partition coefficient (Wildman–Crippen LogP) is 3.47. The summed E-state index contributed by atoms with van der Waals surface area (Å²) in [6.45, 7) is 1.84. The van der Waals surface area contributed by atoms with Crippen LogP contribution in [0.5, 0.6) is 5.75 Å². The summed E-state index contributed by atoms with van der Waals surface area (Å²) >= 11 is 0. The van der Waals surface area contributed by atoms with E-state index < -0.39 is 30.1 Å². The molecule has 1 aromatic heterocycles. The van der Waals surface area contributed by atoms with Gasteiger partial charge in [-0.2, -0.15) is 13.8 Å². The number of alkyl halides is 2. The fourth-order valence-electron chi connectivity index (χ4n) is 5.81. The van der Waals surface area contributed by atoms with E-state index in [4.69, 9.17) is 4.74 Å². The number of carbonyl (C=O) groups is 3. The van der Waals surface area contributed by atoms with E-state index >= 15 is 4.39 Å². The van der Waals surface area contributed by atoms with Gasteiger partial charge in [0.15, 0.2) is 5.82 Å². The third-order valence-corrected chi connectivity index (χ3v) is 8.09. The van der Waals surface area contributed by atoms with Crippen LogP contribution in [0.1, 0.15) is 55.8 Å². The summed E-state index contributed by atoms with van der Waals surface area (Å²) in [6, 6.07) is 1.80. The van der Waals surface area contributed by atoms with Gasteiger partial charge in [-0.25, -0.2) is 9.37 Å². The predicted molar refractivity (Wildman–Crippen MR) is 149 cm³/mol. The Hall–Kier alpha value is -4.10. The maximum absolute atomic E-state index is 15.2. The number of nitrogens with zero attached hydrogens (tertiary/aromatic N) is 5. The number of amides is 3. The Balaban J connectivity index is 1.39. The number of hydrogen-bond donors (Lipinski definition) is 2. The monoisotopic (exact) mass is 589 g/mol. The molecule has 226 valence electrons. The van der Waals surface area contributed by atoms with Crippen LogP contribution in [0.2, 0.25) is 0 Å². The number of halogens is 3. The molecule has 2 N–H and O–H groups in total. The second kappa shape index (κ2) is 11.6. The van der Waals surface area contributed by atoms with Crippen LogP contribution < -0.4 is 25.2 Å². The van der Waals surface area contributed by atoms with Gasteiger partial charge in [-0.1, -0.05) is 19.8 Å². The second-order valence-electron chi connectivity index (χ2n) is 10.8. The van der Waals surface area contributed by atoms with Gasteiger partial charge in [-0.15, -0.1) is 0 Å². The average Bonchev–Trinajstić information content (AvgIpc) is 3.66. The summed E-state index contributed by atoms with van der Waals surface area (Å²) in [7, 11) is 2.62. The zero-order valence-corrected chi connectivity index (χ0v) is 23.8. The standard InChI is InChI=1S/C28H34F3N7O4/c1-4-23(39)37-10-9-16(14-37)33-25(40)18-11-22(42-3)20(12-19(18)29)34-27-32-13-21-24(35-27)38(17-7-5-6-8-17)15-28(30,31)26(41)36(21)2/h11-13,16-17H,4-10,14-15H2,1-3H3,(H,33,40)(H,32,34,35)/t16-/m1/s1. The molecule has 2 fully saturated rings. The lowest BCUT2D eigenvalue weighted by Crippen LogP contribution is -2.48. The van der Waals surface area contributed by atoms with Crippen molar-refractivity contribution >= 4 is 40.9 Å². The molecule has 42 heavy (non-hydrogen) atoms. The van der Waals surface area contributed by atoms with Crippen molar-refractivity contribution in [3.8, 4) is 5.75 Å². The highest BCUT2D eigenvalue weighted by atomic mass is 19.3. The van der Waals surface area contributed by atoms with Gasteiger partial charge in [0.1, 0.15) is 17.3 Å². The van der Waals surface area contributed by atoms with E-state index in [-0.39, 0.29) is 52.4 Å². The first kappa shape index (κ1) is 29.4. The third-order valence-electron chi connectivity index (χ3n) is 8.09. The van der Waals surface area contributed by atoms with Crippen LogP contribution in [-0.4, -0.2) is 84.4 Å². The second-order valence-corrected chi connectivity index (χ2v) is 10.8. The highest BCUT2D eigenvalue weighted by Crippen LogP contribution is 2.40. The molecule has 1 aromatic carbocycles. The maximum atomic E-state index is 15.2. The molecule has 1 saturated heterocycles. The van der Waals surface area contributed by atoms with Gasteiger partial charge in [-0.3, -0.25) is 14.4 Å². The zero-order chi connectivity index (χ0) is 30.2. The van der Waals surface area contributed by atoms with E-state index in [2.05, 4.69) is 20.6 Å². The summed E-state index contributed by atoms with van der Waals surface area (Å²) in [5.74, 6) is -6.16. The summed E-state index contributed by atoms with van der Waals surface area (Å²) in [4.78, 5) is 50.1. The smallest absolute Gasteiger partial charge is 0.342 e. The highest BCUT2D eigenvalue weighted by molar-refractivity contribution is 6.02. The Kier molecular flexibility index (Phi) is 8.15. The minimum absolute atomic E-state index is 0.00614. The zero-order valence-electron chi connectivity index (χ0n) is 23.8. The van der Waals surface area contributed by atoms with Crippen molar-refractivity contribution in [3.63, 3.8) is 0 Å². The van der Waals surface area contributed by atoms with Crippen molar-refractivity contribution in [3.05, 3.63) is 29.7 Å². The van der Waals surface area contributed by atoms with Gasteiger partial charge >= 0.3 is 5.92 Å². The number of nitrogens with one attached hydrogen (secondary N) is 2. The summed E-state index contributed by atoms with van der Waals surface area (Å²) in [5, 5.41) is 5.65. The van der Waals surface area contributed by atoms with Crippen LogP contribution in [-0.2, 0) is 9.59 Å². The van der Waals surface area contributed by atoms with Crippen LogP contribution in [0, 0.1) is 5.82 Å². The Bertz CT molecular complexity index is 1390. The molecule has 0 radical (unpaired) electrons. The number of fused-ring (bicyclic) bond motifs is 1. The van der Waals surface area contributed by atoms with E-state index in [1.165, 1.54) is 31.3 Å². The van der Waals surface area contributed by atoms with Crippen LogP contribution in [0.25, 0.3) is 0 Å². The van der Waals surface area contributed by atoms with E-state index in [0.717, 1.165) is 23.8 Å². The largest absolute Gasteiger partial charge is 0.495 e. The topological polar surface area (TPSA) is 120 Å². The van der Waals surface area contributed by atoms with Crippen molar-refractivity contribution in [2.75, 3.05) is 48.9 Å². The molecule has 0 spiro atoms. The third kappa shape index (κ3) is 5.66.